The maximum Gasteiger partial charge on any atom is 0.186 e. The van der Waals surface area contributed by atoms with Gasteiger partial charge in [0.2, 0.25) is 0 Å². The van der Waals surface area contributed by atoms with E-state index in [1.807, 2.05) is 30.9 Å². The Morgan fingerprint density at radius 1 is 1.20 bits per heavy atom. The van der Waals surface area contributed by atoms with Crippen LogP contribution in [0.2, 0.25) is 0 Å². The Morgan fingerprint density at radius 3 is 2.60 bits per heavy atom. The van der Waals surface area contributed by atoms with Crippen LogP contribution in [0, 0.1) is 0 Å². The molecule has 0 saturated carbocycles. The molecule has 128 valence electrons. The fourth-order valence-corrected chi connectivity index (χ4v) is 4.64. The van der Waals surface area contributed by atoms with Crippen molar-refractivity contribution in [3.63, 3.8) is 0 Å². The number of fused-ring (bicyclic) bond motifs is 2. The minimum Gasteiger partial charge on any atom is -0.378 e. The summed E-state index contributed by atoms with van der Waals surface area (Å²) in [5.41, 5.74) is 15.5. The summed E-state index contributed by atoms with van der Waals surface area (Å²) in [6.07, 6.45) is 0. The molecule has 0 amide bonds. The number of rotatable bonds is 2. The van der Waals surface area contributed by atoms with E-state index in [0.717, 1.165) is 11.4 Å². The largest absolute Gasteiger partial charge is 0.378 e. The molecule has 4 nitrogen and oxygen atoms in total. The number of nitrogens with zero attached hydrogens (tertiary/aromatic N) is 2. The number of thiocarbonyl (C=S) groups is 1. The minimum atomic E-state index is 0.0320. The number of hydrogen-bond donors (Lipinski definition) is 2. The first-order valence-corrected chi connectivity index (χ1v) is 9.53. The maximum atomic E-state index is 6.03. The fourth-order valence-electron chi connectivity index (χ4n) is 3.38. The van der Waals surface area contributed by atoms with Crippen molar-refractivity contribution in [2.45, 2.75) is 10.9 Å². The van der Waals surface area contributed by atoms with E-state index in [9.17, 15) is 0 Å². The van der Waals surface area contributed by atoms with E-state index in [1.54, 1.807) is 0 Å². The van der Waals surface area contributed by atoms with Gasteiger partial charge in [-0.05, 0) is 41.6 Å². The van der Waals surface area contributed by atoms with Gasteiger partial charge in [-0.25, -0.2) is 0 Å². The van der Waals surface area contributed by atoms with E-state index >= 15 is 0 Å². The molecular weight excluding hydrogens is 348 g/mol. The first-order valence-electron chi connectivity index (χ1n) is 8.14. The van der Waals surface area contributed by atoms with Crippen LogP contribution in [0.5, 0.6) is 0 Å². The van der Waals surface area contributed by atoms with Crippen LogP contribution in [-0.2, 0) is 0 Å². The lowest BCUT2D eigenvalue weighted by molar-refractivity contribution is 0.338. The van der Waals surface area contributed by atoms with Crippen LogP contribution in [-0.4, -0.2) is 30.0 Å². The van der Waals surface area contributed by atoms with E-state index in [2.05, 4.69) is 58.9 Å². The molecule has 1 atom stereocenters. The van der Waals surface area contributed by atoms with Crippen molar-refractivity contribution in [1.29, 1.82) is 0 Å². The Morgan fingerprint density at radius 2 is 1.92 bits per heavy atom. The third-order valence-electron chi connectivity index (χ3n) is 4.64. The number of nitrogens with one attached hydrogen (secondary N) is 1. The van der Waals surface area contributed by atoms with Crippen molar-refractivity contribution in [2.24, 2.45) is 5.73 Å². The average Bonchev–Trinajstić information content (AvgIpc) is 3.02. The van der Waals surface area contributed by atoms with Gasteiger partial charge in [-0.3, -0.25) is 10.4 Å². The van der Waals surface area contributed by atoms with E-state index < -0.39 is 0 Å². The molecule has 2 aromatic carbocycles. The van der Waals surface area contributed by atoms with Crippen molar-refractivity contribution in [2.75, 3.05) is 24.7 Å². The van der Waals surface area contributed by atoms with Gasteiger partial charge >= 0.3 is 0 Å². The van der Waals surface area contributed by atoms with Gasteiger partial charge in [-0.1, -0.05) is 30.3 Å². The molecule has 0 aliphatic carbocycles. The van der Waals surface area contributed by atoms with E-state index in [4.69, 9.17) is 18.0 Å². The molecule has 0 radical (unpaired) electrons. The first kappa shape index (κ1) is 16.3. The Labute approximate surface area is 157 Å². The Hall–Kier alpha value is -2.18. The number of anilines is 1. The second kappa shape index (κ2) is 6.28. The Bertz CT molecular complexity index is 858. The summed E-state index contributed by atoms with van der Waals surface area (Å²) < 4.78 is 0. The van der Waals surface area contributed by atoms with Gasteiger partial charge < -0.3 is 10.6 Å². The SMILES string of the molecule is CN(C)c1ccc(C2C3=C(NN2C(N)=S)c2ccccc2SC3)cc1. The normalized spacial score (nSPS) is 18.5. The topological polar surface area (TPSA) is 44.5 Å². The highest BCUT2D eigenvalue weighted by molar-refractivity contribution is 7.99. The molecule has 2 heterocycles. The molecule has 2 aliphatic rings. The fraction of sp³-hybridized carbons (Fsp3) is 0.211. The van der Waals surface area contributed by atoms with Crippen LogP contribution in [0.15, 0.2) is 59.0 Å². The van der Waals surface area contributed by atoms with Gasteiger partial charge in [0, 0.05) is 36.0 Å². The van der Waals surface area contributed by atoms with Crippen molar-refractivity contribution >= 4 is 40.5 Å². The van der Waals surface area contributed by atoms with Crippen LogP contribution in [0.25, 0.3) is 5.70 Å². The maximum absolute atomic E-state index is 6.03. The standard InChI is InChI=1S/C19H20N4S2/c1-22(2)13-9-7-12(8-10-13)18-15-11-25-16-6-4-3-5-14(16)17(15)21-23(18)19(20)24/h3-10,18,21H,11H2,1-2H3,(H2,20,24). The zero-order valence-corrected chi connectivity index (χ0v) is 15.8. The van der Waals surface area contributed by atoms with E-state index in [0.29, 0.717) is 5.11 Å². The minimum absolute atomic E-state index is 0.0320. The van der Waals surface area contributed by atoms with Crippen LogP contribution < -0.4 is 16.1 Å². The molecule has 4 rings (SSSR count). The van der Waals surface area contributed by atoms with Crippen molar-refractivity contribution in [3.8, 4) is 0 Å². The molecule has 6 heteroatoms. The van der Waals surface area contributed by atoms with Gasteiger partial charge in [0.15, 0.2) is 5.11 Å². The first-order chi connectivity index (χ1) is 12.1. The quantitative estimate of drug-likeness (QED) is 0.793. The lowest BCUT2D eigenvalue weighted by Crippen LogP contribution is -2.43. The van der Waals surface area contributed by atoms with Gasteiger partial charge in [0.1, 0.15) is 6.04 Å². The smallest absolute Gasteiger partial charge is 0.186 e. The zero-order chi connectivity index (χ0) is 17.6. The second-order valence-electron chi connectivity index (χ2n) is 6.39. The molecule has 0 spiro atoms. The van der Waals surface area contributed by atoms with Gasteiger partial charge in [0.25, 0.3) is 0 Å². The highest BCUT2D eigenvalue weighted by atomic mass is 32.2. The number of hydrogen-bond acceptors (Lipinski definition) is 4. The number of hydrazine groups is 1. The predicted octanol–water partition coefficient (Wildman–Crippen LogP) is 3.37. The number of thioether (sulfide) groups is 1. The average molecular weight is 369 g/mol. The van der Waals surface area contributed by atoms with E-state index in [-0.39, 0.29) is 6.04 Å². The summed E-state index contributed by atoms with van der Waals surface area (Å²) in [5.74, 6) is 0.929. The highest BCUT2D eigenvalue weighted by Gasteiger charge is 2.37. The molecule has 2 aliphatic heterocycles. The lowest BCUT2D eigenvalue weighted by atomic mass is 9.96. The second-order valence-corrected chi connectivity index (χ2v) is 7.83. The Kier molecular flexibility index (Phi) is 4.09. The zero-order valence-electron chi connectivity index (χ0n) is 14.2. The van der Waals surface area contributed by atoms with Gasteiger partial charge in [0.05, 0.1) is 5.70 Å². The lowest BCUT2D eigenvalue weighted by Gasteiger charge is -2.27. The summed E-state index contributed by atoms with van der Waals surface area (Å²) in [4.78, 5) is 3.39. The molecular formula is C19H20N4S2. The molecule has 2 aromatic rings. The highest BCUT2D eigenvalue weighted by Crippen LogP contribution is 2.46. The number of benzene rings is 2. The molecule has 0 aromatic heterocycles. The summed E-state index contributed by atoms with van der Waals surface area (Å²) in [7, 11) is 4.09. The molecule has 0 saturated heterocycles. The summed E-state index contributed by atoms with van der Waals surface area (Å²) >= 11 is 7.19. The predicted molar refractivity (Wildman–Crippen MR) is 109 cm³/mol. The van der Waals surface area contributed by atoms with Crippen LogP contribution in [0.3, 0.4) is 0 Å². The van der Waals surface area contributed by atoms with Crippen LogP contribution in [0.1, 0.15) is 17.2 Å². The molecule has 0 bridgehead atoms. The summed E-state index contributed by atoms with van der Waals surface area (Å²) in [5, 5.41) is 2.27. The van der Waals surface area contributed by atoms with Crippen LogP contribution in [0.4, 0.5) is 5.69 Å². The van der Waals surface area contributed by atoms with Crippen molar-refractivity contribution in [3.05, 3.63) is 65.2 Å². The molecule has 0 fully saturated rings. The number of nitrogens with two attached hydrogens (primary N) is 1. The molecule has 3 N–H and O–H groups in total. The third kappa shape index (κ3) is 2.75. The summed E-state index contributed by atoms with van der Waals surface area (Å²) in [6, 6.07) is 17.1. The van der Waals surface area contributed by atoms with E-state index in [1.165, 1.54) is 27.3 Å². The van der Waals surface area contributed by atoms with Gasteiger partial charge in [-0.2, -0.15) is 0 Å². The molecule has 1 unspecified atom stereocenters. The Balaban J connectivity index is 1.79. The monoisotopic (exact) mass is 368 g/mol. The summed E-state index contributed by atoms with van der Waals surface area (Å²) in [6.45, 7) is 0. The van der Waals surface area contributed by atoms with Crippen LogP contribution >= 0.6 is 24.0 Å². The van der Waals surface area contributed by atoms with Gasteiger partial charge in [-0.15, -0.1) is 11.8 Å². The molecule has 25 heavy (non-hydrogen) atoms. The third-order valence-corrected chi connectivity index (χ3v) is 5.96. The van der Waals surface area contributed by atoms with Crippen molar-refractivity contribution in [1.82, 2.24) is 10.4 Å². The van der Waals surface area contributed by atoms with Crippen molar-refractivity contribution < 1.29 is 0 Å².